The maximum absolute atomic E-state index is 13.8. The maximum atomic E-state index is 13.8. The summed E-state index contributed by atoms with van der Waals surface area (Å²) < 4.78 is 13.8. The van der Waals surface area contributed by atoms with E-state index >= 15 is 0 Å². The normalized spacial score (nSPS) is 14.4. The molecule has 1 fully saturated rings. The predicted octanol–water partition coefficient (Wildman–Crippen LogP) is 3.05. The van der Waals surface area contributed by atoms with Crippen LogP contribution >= 0.6 is 0 Å². The molecule has 0 spiro atoms. The molecule has 0 radical (unpaired) electrons. The number of urea groups is 1. The van der Waals surface area contributed by atoms with E-state index < -0.39 is 5.82 Å². The van der Waals surface area contributed by atoms with Gasteiger partial charge in [-0.3, -0.25) is 4.79 Å². The fraction of sp³-hybridized carbons (Fsp3) is 0.500. The number of benzene rings is 1. The van der Waals surface area contributed by atoms with Crippen LogP contribution in [0.2, 0.25) is 0 Å². The Balaban J connectivity index is 1.65. The van der Waals surface area contributed by atoms with Crippen LogP contribution in [0, 0.1) is 17.1 Å². The van der Waals surface area contributed by atoms with Gasteiger partial charge in [-0.1, -0.05) is 25.3 Å². The van der Waals surface area contributed by atoms with Crippen LogP contribution in [0.1, 0.15) is 50.5 Å². The topological polar surface area (TPSA) is 94.0 Å². The molecule has 6 nitrogen and oxygen atoms in total. The van der Waals surface area contributed by atoms with Gasteiger partial charge in [0.1, 0.15) is 6.07 Å². The highest BCUT2D eigenvalue weighted by atomic mass is 19.1. The van der Waals surface area contributed by atoms with E-state index in [1.165, 1.54) is 24.6 Å². The third kappa shape index (κ3) is 6.07. The molecule has 134 valence electrons. The Morgan fingerprint density at radius 2 is 2.00 bits per heavy atom. The van der Waals surface area contributed by atoms with E-state index in [9.17, 15) is 14.0 Å². The maximum Gasteiger partial charge on any atom is 0.315 e. The number of amides is 3. The number of nitriles is 1. The number of hydrogen-bond donors (Lipinski definition) is 3. The first-order chi connectivity index (χ1) is 12.1. The average Bonchev–Trinajstić information content (AvgIpc) is 2.61. The van der Waals surface area contributed by atoms with Crippen LogP contribution in [-0.4, -0.2) is 24.5 Å². The van der Waals surface area contributed by atoms with Crippen molar-refractivity contribution in [1.82, 2.24) is 10.6 Å². The monoisotopic (exact) mass is 346 g/mol. The van der Waals surface area contributed by atoms with Gasteiger partial charge in [0.05, 0.1) is 11.3 Å². The minimum Gasteiger partial charge on any atom is -0.338 e. The van der Waals surface area contributed by atoms with Gasteiger partial charge in [0.25, 0.3) is 0 Å². The first-order valence-corrected chi connectivity index (χ1v) is 8.63. The van der Waals surface area contributed by atoms with Crippen molar-refractivity contribution < 1.29 is 14.0 Å². The molecule has 0 aromatic heterocycles. The smallest absolute Gasteiger partial charge is 0.315 e. The third-order valence-electron chi connectivity index (χ3n) is 4.20. The number of carbonyl (C=O) groups is 2. The molecular formula is C18H23FN4O2. The summed E-state index contributed by atoms with van der Waals surface area (Å²) in [4.78, 5) is 23.6. The molecule has 0 heterocycles. The lowest BCUT2D eigenvalue weighted by atomic mass is 9.96. The average molecular weight is 346 g/mol. The van der Waals surface area contributed by atoms with Gasteiger partial charge >= 0.3 is 6.03 Å². The van der Waals surface area contributed by atoms with Gasteiger partial charge in [0.15, 0.2) is 5.82 Å². The zero-order valence-corrected chi connectivity index (χ0v) is 14.1. The highest BCUT2D eigenvalue weighted by Gasteiger charge is 2.15. The largest absolute Gasteiger partial charge is 0.338 e. The van der Waals surface area contributed by atoms with E-state index in [1.54, 1.807) is 6.07 Å². The summed E-state index contributed by atoms with van der Waals surface area (Å²) in [6, 6.07) is 6.02. The first-order valence-electron chi connectivity index (χ1n) is 8.63. The van der Waals surface area contributed by atoms with Crippen molar-refractivity contribution in [1.29, 1.82) is 5.26 Å². The predicted molar refractivity (Wildman–Crippen MR) is 92.4 cm³/mol. The lowest BCUT2D eigenvalue weighted by molar-refractivity contribution is -0.116. The zero-order valence-electron chi connectivity index (χ0n) is 14.1. The second-order valence-corrected chi connectivity index (χ2v) is 6.17. The Hall–Kier alpha value is -2.62. The Morgan fingerprint density at radius 3 is 2.72 bits per heavy atom. The molecule has 1 aromatic rings. The van der Waals surface area contributed by atoms with Crippen LogP contribution in [-0.2, 0) is 4.79 Å². The van der Waals surface area contributed by atoms with Gasteiger partial charge in [-0.15, -0.1) is 0 Å². The van der Waals surface area contributed by atoms with Gasteiger partial charge in [0.2, 0.25) is 5.91 Å². The Morgan fingerprint density at radius 1 is 1.24 bits per heavy atom. The molecule has 25 heavy (non-hydrogen) atoms. The van der Waals surface area contributed by atoms with E-state index in [0.29, 0.717) is 13.0 Å². The van der Waals surface area contributed by atoms with Crippen LogP contribution in [0.25, 0.3) is 0 Å². The zero-order chi connectivity index (χ0) is 18.1. The number of anilines is 1. The van der Waals surface area contributed by atoms with Crippen LogP contribution in [0.3, 0.4) is 0 Å². The lowest BCUT2D eigenvalue weighted by Gasteiger charge is -2.22. The minimum absolute atomic E-state index is 0.00736. The van der Waals surface area contributed by atoms with E-state index in [2.05, 4.69) is 16.0 Å². The van der Waals surface area contributed by atoms with Gasteiger partial charge in [-0.25, -0.2) is 9.18 Å². The molecule has 0 aliphatic heterocycles. The Kier molecular flexibility index (Phi) is 7.20. The molecule has 1 aliphatic carbocycles. The number of rotatable bonds is 6. The summed E-state index contributed by atoms with van der Waals surface area (Å²) >= 11 is 0. The fourth-order valence-electron chi connectivity index (χ4n) is 2.86. The van der Waals surface area contributed by atoms with Crippen LogP contribution in [0.15, 0.2) is 18.2 Å². The molecule has 3 amide bonds. The second-order valence-electron chi connectivity index (χ2n) is 6.17. The molecular weight excluding hydrogens is 323 g/mol. The van der Waals surface area contributed by atoms with Gasteiger partial charge in [-0.05, 0) is 31.4 Å². The number of nitrogens with zero attached hydrogens (tertiary/aromatic N) is 1. The summed E-state index contributed by atoms with van der Waals surface area (Å²) in [6.07, 6.45) is 6.16. The number of hydrogen-bond acceptors (Lipinski definition) is 3. The molecule has 0 bridgehead atoms. The quantitative estimate of drug-likeness (QED) is 0.691. The van der Waals surface area contributed by atoms with Crippen molar-refractivity contribution in [2.45, 2.75) is 51.0 Å². The van der Waals surface area contributed by atoms with Crippen molar-refractivity contribution in [3.05, 3.63) is 29.6 Å². The second kappa shape index (κ2) is 9.62. The van der Waals surface area contributed by atoms with E-state index in [1.807, 2.05) is 0 Å². The van der Waals surface area contributed by atoms with Crippen LogP contribution in [0.4, 0.5) is 14.9 Å². The first kappa shape index (κ1) is 18.7. The Labute approximate surface area is 146 Å². The van der Waals surface area contributed by atoms with Crippen molar-refractivity contribution in [3.63, 3.8) is 0 Å². The summed E-state index contributed by atoms with van der Waals surface area (Å²) in [6.45, 7) is 0.368. The highest BCUT2D eigenvalue weighted by molar-refractivity contribution is 5.91. The molecule has 1 aliphatic rings. The minimum atomic E-state index is -0.733. The SMILES string of the molecule is N#Cc1cccc(NC(=O)CCCNC(=O)NC2CCCCC2)c1F. The number of halogens is 1. The third-order valence-corrected chi connectivity index (χ3v) is 4.20. The van der Waals surface area contributed by atoms with Gasteiger partial charge in [-0.2, -0.15) is 5.26 Å². The van der Waals surface area contributed by atoms with Crippen LogP contribution < -0.4 is 16.0 Å². The summed E-state index contributed by atoms with van der Waals surface area (Å²) in [5, 5.41) is 16.9. The van der Waals surface area contributed by atoms with E-state index in [-0.39, 0.29) is 35.7 Å². The summed E-state index contributed by atoms with van der Waals surface area (Å²) in [5.41, 5.74) is -0.120. The number of carbonyl (C=O) groups excluding carboxylic acids is 2. The van der Waals surface area contributed by atoms with Crippen molar-refractivity contribution in [2.75, 3.05) is 11.9 Å². The number of nitrogens with one attached hydrogen (secondary N) is 3. The molecule has 1 aromatic carbocycles. The highest BCUT2D eigenvalue weighted by Crippen LogP contribution is 2.18. The lowest BCUT2D eigenvalue weighted by Crippen LogP contribution is -2.43. The summed E-state index contributed by atoms with van der Waals surface area (Å²) in [7, 11) is 0. The molecule has 0 atom stereocenters. The molecule has 1 saturated carbocycles. The molecule has 2 rings (SSSR count). The van der Waals surface area contributed by atoms with Gasteiger partial charge < -0.3 is 16.0 Å². The van der Waals surface area contributed by atoms with Crippen LogP contribution in [0.5, 0.6) is 0 Å². The van der Waals surface area contributed by atoms with Crippen molar-refractivity contribution >= 4 is 17.6 Å². The fourth-order valence-corrected chi connectivity index (χ4v) is 2.86. The van der Waals surface area contributed by atoms with E-state index in [0.717, 1.165) is 25.7 Å². The molecule has 3 N–H and O–H groups in total. The van der Waals surface area contributed by atoms with Gasteiger partial charge in [0, 0.05) is 19.0 Å². The summed E-state index contributed by atoms with van der Waals surface area (Å²) in [5.74, 6) is -1.09. The molecule has 7 heteroatoms. The van der Waals surface area contributed by atoms with Crippen molar-refractivity contribution in [2.24, 2.45) is 0 Å². The molecule has 0 saturated heterocycles. The van der Waals surface area contributed by atoms with E-state index in [4.69, 9.17) is 5.26 Å². The standard InChI is InChI=1S/C18H23FN4O2/c19-17-13(12-20)6-4-9-15(17)23-16(24)10-5-11-21-18(25)22-14-7-2-1-3-8-14/h4,6,9,14H,1-3,5,7-8,10-11H2,(H,23,24)(H2,21,22,25). The Bertz CT molecular complexity index is 651. The molecule has 0 unspecified atom stereocenters. The van der Waals surface area contributed by atoms with Crippen molar-refractivity contribution in [3.8, 4) is 6.07 Å².